The Labute approximate surface area is 173 Å². The second kappa shape index (κ2) is 9.57. The molecule has 0 fully saturated rings. The third-order valence-corrected chi connectivity index (χ3v) is 4.45. The van der Waals surface area contributed by atoms with Gasteiger partial charge in [0, 0.05) is 10.7 Å². The van der Waals surface area contributed by atoms with Crippen molar-refractivity contribution in [3.63, 3.8) is 0 Å². The van der Waals surface area contributed by atoms with Crippen LogP contribution in [-0.4, -0.2) is 30.4 Å². The first-order chi connectivity index (χ1) is 13.2. The molecule has 8 heteroatoms. The van der Waals surface area contributed by atoms with Gasteiger partial charge in [-0.1, -0.05) is 35.3 Å². The van der Waals surface area contributed by atoms with Crippen LogP contribution in [0.4, 0.5) is 5.69 Å². The van der Waals surface area contributed by atoms with Crippen molar-refractivity contribution in [1.29, 1.82) is 0 Å². The predicted molar refractivity (Wildman–Crippen MR) is 109 cm³/mol. The number of benzene rings is 2. The van der Waals surface area contributed by atoms with E-state index in [-0.39, 0.29) is 10.6 Å². The van der Waals surface area contributed by atoms with Gasteiger partial charge >= 0.3 is 5.97 Å². The summed E-state index contributed by atoms with van der Waals surface area (Å²) in [5.41, 5.74) is 2.72. The number of halogens is 2. The molecule has 0 aromatic heterocycles. The van der Waals surface area contributed by atoms with Gasteiger partial charge < -0.3 is 15.4 Å². The van der Waals surface area contributed by atoms with Gasteiger partial charge in [-0.25, -0.2) is 0 Å². The molecular weight excluding hydrogens is 403 g/mol. The average Bonchev–Trinajstić information content (AvgIpc) is 2.62. The lowest BCUT2D eigenvalue weighted by atomic mass is 10.1. The molecule has 28 heavy (non-hydrogen) atoms. The molecule has 6 nitrogen and oxygen atoms in total. The maximum atomic E-state index is 12.2. The van der Waals surface area contributed by atoms with Gasteiger partial charge in [0.05, 0.1) is 10.6 Å². The van der Waals surface area contributed by atoms with Crippen molar-refractivity contribution in [2.24, 2.45) is 0 Å². The van der Waals surface area contributed by atoms with E-state index in [0.717, 1.165) is 11.1 Å². The van der Waals surface area contributed by atoms with Crippen LogP contribution >= 0.6 is 23.2 Å². The first-order valence-electron chi connectivity index (χ1n) is 8.48. The molecule has 0 heterocycles. The molecule has 1 atom stereocenters. The number of rotatable bonds is 6. The van der Waals surface area contributed by atoms with Gasteiger partial charge in [0.15, 0.2) is 6.10 Å². The topological polar surface area (TPSA) is 84.5 Å². The van der Waals surface area contributed by atoms with E-state index >= 15 is 0 Å². The summed E-state index contributed by atoms with van der Waals surface area (Å²) in [4.78, 5) is 36.3. The molecule has 2 N–H and O–H groups in total. The number of ether oxygens (including phenoxy) is 1. The minimum absolute atomic E-state index is 0.166. The highest BCUT2D eigenvalue weighted by Gasteiger charge is 2.19. The van der Waals surface area contributed by atoms with E-state index in [9.17, 15) is 14.4 Å². The number of anilines is 1. The SMILES string of the molecule is Cc1ccc(C)c(NC(=O)C(C)OC(=O)CNC(=O)c2ccc(Cl)cc2Cl)c1. The molecule has 2 rings (SSSR count). The number of aryl methyl sites for hydroxylation is 2. The van der Waals surface area contributed by atoms with E-state index in [1.54, 1.807) is 0 Å². The molecule has 0 radical (unpaired) electrons. The van der Waals surface area contributed by atoms with Crippen molar-refractivity contribution in [2.75, 3.05) is 11.9 Å². The molecule has 1 unspecified atom stereocenters. The van der Waals surface area contributed by atoms with Crippen molar-refractivity contribution in [1.82, 2.24) is 5.32 Å². The molecule has 2 aromatic carbocycles. The summed E-state index contributed by atoms with van der Waals surface area (Å²) in [6, 6.07) is 10.0. The highest BCUT2D eigenvalue weighted by atomic mass is 35.5. The fourth-order valence-corrected chi connectivity index (χ4v) is 2.81. The van der Waals surface area contributed by atoms with Crippen LogP contribution in [0.3, 0.4) is 0 Å². The van der Waals surface area contributed by atoms with Crippen molar-refractivity contribution in [3.8, 4) is 0 Å². The van der Waals surface area contributed by atoms with E-state index in [2.05, 4.69) is 10.6 Å². The third-order valence-electron chi connectivity index (χ3n) is 3.90. The average molecular weight is 423 g/mol. The molecule has 148 valence electrons. The highest BCUT2D eigenvalue weighted by molar-refractivity contribution is 6.36. The van der Waals surface area contributed by atoms with Crippen LogP contribution in [0.15, 0.2) is 36.4 Å². The largest absolute Gasteiger partial charge is 0.451 e. The lowest BCUT2D eigenvalue weighted by molar-refractivity contribution is -0.152. The van der Waals surface area contributed by atoms with Crippen LogP contribution in [0, 0.1) is 13.8 Å². The lowest BCUT2D eigenvalue weighted by Crippen LogP contribution is -2.36. The first-order valence-corrected chi connectivity index (χ1v) is 9.24. The number of nitrogens with one attached hydrogen (secondary N) is 2. The standard InChI is InChI=1S/C20H20Cl2N2O4/c1-11-4-5-12(2)17(8-11)24-19(26)13(3)28-18(25)10-23-20(27)15-7-6-14(21)9-16(15)22/h4-9,13H,10H2,1-3H3,(H,23,27)(H,24,26). The zero-order chi connectivity index (χ0) is 20.8. The van der Waals surface area contributed by atoms with E-state index in [4.69, 9.17) is 27.9 Å². The Morgan fingerprint density at radius 3 is 2.46 bits per heavy atom. The molecular formula is C20H20Cl2N2O4. The van der Waals surface area contributed by atoms with Crippen LogP contribution in [0.25, 0.3) is 0 Å². The molecule has 0 saturated carbocycles. The smallest absolute Gasteiger partial charge is 0.326 e. The predicted octanol–water partition coefficient (Wildman–Crippen LogP) is 3.91. The molecule has 2 aromatic rings. The Kier molecular flexibility index (Phi) is 7.43. The Morgan fingerprint density at radius 2 is 1.79 bits per heavy atom. The highest BCUT2D eigenvalue weighted by Crippen LogP contribution is 2.20. The summed E-state index contributed by atoms with van der Waals surface area (Å²) >= 11 is 11.7. The summed E-state index contributed by atoms with van der Waals surface area (Å²) in [6.07, 6.45) is -1.02. The van der Waals surface area contributed by atoms with Gasteiger partial charge in [0.2, 0.25) is 0 Å². The molecule has 0 saturated heterocycles. The summed E-state index contributed by atoms with van der Waals surface area (Å²) in [5.74, 6) is -1.76. The Hall–Kier alpha value is -2.57. The molecule has 0 aliphatic heterocycles. The monoisotopic (exact) mass is 422 g/mol. The minimum atomic E-state index is -1.02. The zero-order valence-electron chi connectivity index (χ0n) is 15.6. The number of hydrogen-bond donors (Lipinski definition) is 2. The van der Waals surface area contributed by atoms with Crippen LogP contribution in [-0.2, 0) is 14.3 Å². The van der Waals surface area contributed by atoms with E-state index < -0.39 is 30.4 Å². The summed E-state index contributed by atoms with van der Waals surface area (Å²) < 4.78 is 5.07. The van der Waals surface area contributed by atoms with Crippen LogP contribution in [0.1, 0.15) is 28.4 Å². The van der Waals surface area contributed by atoms with Gasteiger partial charge in [0.1, 0.15) is 6.54 Å². The van der Waals surface area contributed by atoms with Crippen molar-refractivity contribution in [2.45, 2.75) is 26.9 Å². The zero-order valence-corrected chi connectivity index (χ0v) is 17.1. The van der Waals surface area contributed by atoms with Gasteiger partial charge in [-0.05, 0) is 56.2 Å². The molecule has 0 aliphatic rings. The molecule has 0 bridgehead atoms. The van der Waals surface area contributed by atoms with Crippen LogP contribution in [0.5, 0.6) is 0 Å². The van der Waals surface area contributed by atoms with Gasteiger partial charge in [-0.2, -0.15) is 0 Å². The van der Waals surface area contributed by atoms with E-state index in [1.165, 1.54) is 25.1 Å². The Morgan fingerprint density at radius 1 is 1.07 bits per heavy atom. The molecule has 2 amide bonds. The van der Waals surface area contributed by atoms with Crippen LogP contribution in [0.2, 0.25) is 10.0 Å². The number of esters is 1. The van der Waals surface area contributed by atoms with Crippen molar-refractivity contribution < 1.29 is 19.1 Å². The second-order valence-electron chi connectivity index (χ2n) is 6.25. The second-order valence-corrected chi connectivity index (χ2v) is 7.09. The summed E-state index contributed by atoms with van der Waals surface area (Å²) in [5, 5.41) is 5.68. The maximum absolute atomic E-state index is 12.2. The summed E-state index contributed by atoms with van der Waals surface area (Å²) in [6.45, 7) is 4.83. The molecule has 0 aliphatic carbocycles. The van der Waals surface area contributed by atoms with Gasteiger partial charge in [-0.3, -0.25) is 14.4 Å². The lowest BCUT2D eigenvalue weighted by Gasteiger charge is -2.15. The Balaban J connectivity index is 1.87. The molecule has 0 spiro atoms. The number of hydrogen-bond acceptors (Lipinski definition) is 4. The number of amides is 2. The quantitative estimate of drug-likeness (QED) is 0.690. The van der Waals surface area contributed by atoms with Crippen molar-refractivity contribution >= 4 is 46.7 Å². The van der Waals surface area contributed by atoms with E-state index in [0.29, 0.717) is 10.7 Å². The first kappa shape index (κ1) is 21.7. The minimum Gasteiger partial charge on any atom is -0.451 e. The van der Waals surface area contributed by atoms with E-state index in [1.807, 2.05) is 32.0 Å². The van der Waals surface area contributed by atoms with Gasteiger partial charge in [-0.15, -0.1) is 0 Å². The van der Waals surface area contributed by atoms with Gasteiger partial charge in [0.25, 0.3) is 11.8 Å². The summed E-state index contributed by atoms with van der Waals surface area (Å²) in [7, 11) is 0. The fraction of sp³-hybridized carbons (Fsp3) is 0.250. The number of carbonyl (C=O) groups is 3. The van der Waals surface area contributed by atoms with Crippen molar-refractivity contribution in [3.05, 3.63) is 63.1 Å². The van der Waals surface area contributed by atoms with Crippen LogP contribution < -0.4 is 10.6 Å². The third kappa shape index (κ3) is 5.97. The maximum Gasteiger partial charge on any atom is 0.326 e. The Bertz CT molecular complexity index is 915. The normalized spacial score (nSPS) is 11.5. The fourth-order valence-electron chi connectivity index (χ4n) is 2.32. The number of carbonyl (C=O) groups excluding carboxylic acids is 3.